The summed E-state index contributed by atoms with van der Waals surface area (Å²) >= 11 is 1.25. The lowest BCUT2D eigenvalue weighted by Crippen LogP contribution is -2.12. The number of nitrogens with two attached hydrogens (primary N) is 1. The molecule has 1 aliphatic rings. The van der Waals surface area contributed by atoms with Gasteiger partial charge >= 0.3 is 0 Å². The van der Waals surface area contributed by atoms with Crippen molar-refractivity contribution < 1.29 is 9.63 Å². The molecule has 1 aromatic rings. The molecular formula is C11H12N3O2S. The predicted molar refractivity (Wildman–Crippen MR) is 66.6 cm³/mol. The van der Waals surface area contributed by atoms with E-state index in [1.165, 1.54) is 11.3 Å². The number of oxime groups is 1. The summed E-state index contributed by atoms with van der Waals surface area (Å²) < 4.78 is 0. The van der Waals surface area contributed by atoms with Gasteiger partial charge in [-0.25, -0.2) is 4.98 Å². The molecule has 0 spiro atoms. The number of aromatic nitrogens is 1. The van der Waals surface area contributed by atoms with Crippen LogP contribution in [0.4, 0.5) is 5.13 Å². The quantitative estimate of drug-likeness (QED) is 0.501. The molecule has 89 valence electrons. The second-order valence-electron chi connectivity index (χ2n) is 3.62. The zero-order chi connectivity index (χ0) is 12.1. The third-order valence-electron chi connectivity index (χ3n) is 2.35. The maximum Gasteiger partial charge on any atom is 0.259 e. The van der Waals surface area contributed by atoms with Crippen molar-refractivity contribution in [2.24, 2.45) is 5.16 Å². The molecule has 0 amide bonds. The monoisotopic (exact) mass is 250 g/mol. The first-order valence-electron chi connectivity index (χ1n) is 5.29. The largest absolute Gasteiger partial charge is 0.388 e. The number of carbonyl (C=O) groups excluding carboxylic acids is 1. The average Bonchev–Trinajstić information content (AvgIpc) is 2.78. The summed E-state index contributed by atoms with van der Waals surface area (Å²) in [6, 6.07) is 0. The molecule has 2 N–H and O–H groups in total. The van der Waals surface area contributed by atoms with Crippen LogP contribution in [-0.4, -0.2) is 23.1 Å². The highest BCUT2D eigenvalue weighted by atomic mass is 32.1. The Balaban J connectivity index is 2.05. The minimum atomic E-state index is -0.0666. The lowest BCUT2D eigenvalue weighted by atomic mass is 10.1. The number of allylic oxidation sites excluding steroid dienone is 1. The maximum atomic E-state index is 10.8. The molecule has 0 bridgehead atoms. The highest BCUT2D eigenvalue weighted by molar-refractivity contribution is 7.13. The molecule has 1 aliphatic carbocycles. The summed E-state index contributed by atoms with van der Waals surface area (Å²) in [4.78, 5) is 20.0. The minimum Gasteiger partial charge on any atom is -0.388 e. The number of anilines is 1. The third-order valence-corrected chi connectivity index (χ3v) is 3.02. The van der Waals surface area contributed by atoms with Crippen molar-refractivity contribution in [1.29, 1.82) is 0 Å². The second-order valence-corrected chi connectivity index (χ2v) is 4.51. The molecule has 6 heteroatoms. The number of nitrogens with zero attached hydrogens (tertiary/aromatic N) is 2. The Labute approximate surface area is 103 Å². The van der Waals surface area contributed by atoms with Crippen LogP contribution in [0.5, 0.6) is 0 Å². The zero-order valence-electron chi connectivity index (χ0n) is 9.13. The van der Waals surface area contributed by atoms with E-state index in [-0.39, 0.29) is 11.8 Å². The van der Waals surface area contributed by atoms with Gasteiger partial charge in [-0.3, -0.25) is 4.79 Å². The smallest absolute Gasteiger partial charge is 0.259 e. The molecule has 2 rings (SSSR count). The van der Waals surface area contributed by atoms with Crippen molar-refractivity contribution >= 4 is 28.5 Å². The van der Waals surface area contributed by atoms with Gasteiger partial charge < -0.3 is 10.6 Å². The van der Waals surface area contributed by atoms with Crippen molar-refractivity contribution in [3.05, 3.63) is 23.2 Å². The molecule has 1 heterocycles. The SMILES string of the molecule is Nc1nc(C([C]=O)=NOC2C=CCCC2)cs1. The topological polar surface area (TPSA) is 77.6 Å². The van der Waals surface area contributed by atoms with E-state index in [2.05, 4.69) is 16.2 Å². The first-order valence-corrected chi connectivity index (χ1v) is 6.17. The second kappa shape index (κ2) is 5.58. The molecule has 1 atom stereocenters. The van der Waals surface area contributed by atoms with Gasteiger partial charge in [0.1, 0.15) is 11.8 Å². The Kier molecular flexibility index (Phi) is 3.87. The highest BCUT2D eigenvalue weighted by Crippen LogP contribution is 2.15. The van der Waals surface area contributed by atoms with Gasteiger partial charge in [0, 0.05) is 5.38 Å². The van der Waals surface area contributed by atoms with Crippen LogP contribution in [0.2, 0.25) is 0 Å². The number of hydrogen-bond donors (Lipinski definition) is 1. The maximum absolute atomic E-state index is 10.8. The predicted octanol–water partition coefficient (Wildman–Crippen LogP) is 1.66. The van der Waals surface area contributed by atoms with E-state index in [4.69, 9.17) is 10.6 Å². The van der Waals surface area contributed by atoms with Crippen molar-refractivity contribution in [1.82, 2.24) is 4.98 Å². The van der Waals surface area contributed by atoms with Gasteiger partial charge in [-0.2, -0.15) is 0 Å². The van der Waals surface area contributed by atoms with E-state index in [9.17, 15) is 4.79 Å². The molecule has 0 fully saturated rings. The van der Waals surface area contributed by atoms with E-state index in [1.807, 2.05) is 6.08 Å². The van der Waals surface area contributed by atoms with Gasteiger partial charge in [0.25, 0.3) is 6.29 Å². The van der Waals surface area contributed by atoms with Crippen LogP contribution in [0.15, 0.2) is 22.7 Å². The fourth-order valence-corrected chi connectivity index (χ4v) is 2.05. The van der Waals surface area contributed by atoms with Crippen LogP contribution >= 0.6 is 11.3 Å². The van der Waals surface area contributed by atoms with Crippen LogP contribution in [0.3, 0.4) is 0 Å². The fraction of sp³-hybridized carbons (Fsp3) is 0.364. The minimum absolute atomic E-state index is 0.0527. The van der Waals surface area contributed by atoms with Crippen molar-refractivity contribution in [3.63, 3.8) is 0 Å². The molecule has 1 unspecified atom stereocenters. The molecule has 1 radical (unpaired) electrons. The average molecular weight is 250 g/mol. The molecular weight excluding hydrogens is 238 g/mol. The van der Waals surface area contributed by atoms with Gasteiger partial charge in [0.15, 0.2) is 10.8 Å². The molecule has 1 aromatic heterocycles. The Morgan fingerprint density at radius 3 is 3.18 bits per heavy atom. The molecule has 17 heavy (non-hydrogen) atoms. The van der Waals surface area contributed by atoms with Gasteiger partial charge in [0.05, 0.1) is 0 Å². The standard InChI is InChI=1S/C11H12N3O2S/c12-11-13-10(7-17-11)9(6-15)14-16-8-4-2-1-3-5-8/h2,4,7-8H,1,3,5H2,(H2,12,13). The molecule has 5 nitrogen and oxygen atoms in total. The number of nitrogen functional groups attached to an aromatic ring is 1. The van der Waals surface area contributed by atoms with E-state index in [0.717, 1.165) is 19.3 Å². The van der Waals surface area contributed by atoms with Gasteiger partial charge in [-0.15, -0.1) is 11.3 Å². The molecule has 0 aromatic carbocycles. The molecule has 0 saturated carbocycles. The van der Waals surface area contributed by atoms with Crippen LogP contribution in [0.1, 0.15) is 25.0 Å². The van der Waals surface area contributed by atoms with E-state index in [1.54, 1.807) is 11.7 Å². The van der Waals surface area contributed by atoms with Crippen LogP contribution in [0.25, 0.3) is 0 Å². The van der Waals surface area contributed by atoms with Crippen LogP contribution < -0.4 is 5.73 Å². The Morgan fingerprint density at radius 2 is 2.59 bits per heavy atom. The number of rotatable bonds is 4. The molecule has 0 saturated heterocycles. The Morgan fingerprint density at radius 1 is 1.71 bits per heavy atom. The van der Waals surface area contributed by atoms with Crippen molar-refractivity contribution in [2.75, 3.05) is 5.73 Å². The number of thiazole rings is 1. The first kappa shape index (κ1) is 11.8. The van der Waals surface area contributed by atoms with E-state index >= 15 is 0 Å². The normalized spacial score (nSPS) is 20.2. The summed E-state index contributed by atoms with van der Waals surface area (Å²) in [6.45, 7) is 0. The van der Waals surface area contributed by atoms with Gasteiger partial charge in [-0.1, -0.05) is 11.2 Å². The highest BCUT2D eigenvalue weighted by Gasteiger charge is 2.12. The summed E-state index contributed by atoms with van der Waals surface area (Å²) in [6.07, 6.45) is 8.69. The fourth-order valence-electron chi connectivity index (χ4n) is 1.50. The lowest BCUT2D eigenvalue weighted by Gasteiger charge is -2.13. The van der Waals surface area contributed by atoms with Crippen molar-refractivity contribution in [2.45, 2.75) is 25.4 Å². The van der Waals surface area contributed by atoms with Crippen molar-refractivity contribution in [3.8, 4) is 0 Å². The lowest BCUT2D eigenvalue weighted by molar-refractivity contribution is 0.0826. The first-order chi connectivity index (χ1) is 8.29. The van der Waals surface area contributed by atoms with Gasteiger partial charge in [-0.05, 0) is 25.3 Å². The van der Waals surface area contributed by atoms with Crippen LogP contribution in [-0.2, 0) is 9.63 Å². The Bertz CT molecular complexity index is 453. The summed E-state index contributed by atoms with van der Waals surface area (Å²) in [5.41, 5.74) is 5.94. The van der Waals surface area contributed by atoms with E-state index < -0.39 is 0 Å². The summed E-state index contributed by atoms with van der Waals surface area (Å²) in [7, 11) is 0. The number of hydrogen-bond acceptors (Lipinski definition) is 6. The molecule has 0 aliphatic heterocycles. The van der Waals surface area contributed by atoms with Crippen LogP contribution in [0, 0.1) is 0 Å². The van der Waals surface area contributed by atoms with E-state index in [0.29, 0.717) is 10.8 Å². The Hall–Kier alpha value is -1.69. The van der Waals surface area contributed by atoms with Gasteiger partial charge in [0.2, 0.25) is 0 Å². The summed E-state index contributed by atoms with van der Waals surface area (Å²) in [5, 5.41) is 5.82. The summed E-state index contributed by atoms with van der Waals surface area (Å²) in [5.74, 6) is 0. The third kappa shape index (κ3) is 3.13. The zero-order valence-corrected chi connectivity index (χ0v) is 9.94.